The summed E-state index contributed by atoms with van der Waals surface area (Å²) in [6.45, 7) is 5.68. The molecule has 112 valence electrons. The lowest BCUT2D eigenvalue weighted by molar-refractivity contribution is -0.113. The van der Waals surface area contributed by atoms with E-state index in [2.05, 4.69) is 15.5 Å². The maximum absolute atomic E-state index is 12.0. The molecule has 0 spiro atoms. The summed E-state index contributed by atoms with van der Waals surface area (Å²) >= 11 is 1.19. The summed E-state index contributed by atoms with van der Waals surface area (Å²) in [5.41, 5.74) is 8.55. The molecule has 6 nitrogen and oxygen atoms in total. The van der Waals surface area contributed by atoms with Crippen LogP contribution in [0.3, 0.4) is 0 Å². The number of hydrogen-bond acceptors (Lipinski definition) is 6. The number of carbonyl (C=O) groups is 1. The average Bonchev–Trinajstić information content (AvgIpc) is 2.90. The van der Waals surface area contributed by atoms with Crippen LogP contribution < -0.4 is 11.1 Å². The van der Waals surface area contributed by atoms with Gasteiger partial charge in [-0.15, -0.1) is 10.2 Å². The second-order valence-corrected chi connectivity index (χ2v) is 5.73. The minimum absolute atomic E-state index is 0.113. The molecule has 1 amide bonds. The van der Waals surface area contributed by atoms with Crippen LogP contribution in [-0.4, -0.2) is 21.9 Å². The molecule has 7 heteroatoms. The fourth-order valence-corrected chi connectivity index (χ4v) is 2.35. The van der Waals surface area contributed by atoms with E-state index in [1.54, 1.807) is 6.92 Å². The number of nitrogens with zero attached hydrogens (tertiary/aromatic N) is 2. The Balaban J connectivity index is 1.93. The highest BCUT2D eigenvalue weighted by Gasteiger charge is 2.13. The minimum atomic E-state index is -0.310. The lowest BCUT2D eigenvalue weighted by Crippen LogP contribution is -2.15. The molecule has 0 aliphatic carbocycles. The number of amides is 1. The predicted octanol–water partition coefficient (Wildman–Crippen LogP) is 2.44. The smallest absolute Gasteiger partial charge is 0.277 e. The molecule has 0 aliphatic heterocycles. The number of rotatable bonds is 5. The Bertz CT molecular complexity index is 619. The first-order valence-electron chi connectivity index (χ1n) is 6.55. The molecule has 0 fully saturated rings. The Morgan fingerprint density at radius 2 is 2.05 bits per heavy atom. The van der Waals surface area contributed by atoms with Crippen molar-refractivity contribution in [2.45, 2.75) is 32.0 Å². The van der Waals surface area contributed by atoms with Gasteiger partial charge in [-0.1, -0.05) is 30.0 Å². The lowest BCUT2D eigenvalue weighted by Gasteiger charge is -2.10. The van der Waals surface area contributed by atoms with Crippen molar-refractivity contribution in [1.29, 1.82) is 0 Å². The second kappa shape index (κ2) is 6.73. The highest BCUT2D eigenvalue weighted by molar-refractivity contribution is 7.99. The summed E-state index contributed by atoms with van der Waals surface area (Å²) in [5.74, 6) is 0.458. The number of nitrogens with one attached hydrogen (secondary N) is 1. The molecule has 1 aromatic heterocycles. The van der Waals surface area contributed by atoms with Crippen molar-refractivity contribution in [1.82, 2.24) is 10.2 Å². The molecule has 2 aromatic rings. The highest BCUT2D eigenvalue weighted by Crippen LogP contribution is 2.21. The van der Waals surface area contributed by atoms with Crippen LogP contribution in [0, 0.1) is 13.8 Å². The molecule has 1 aromatic carbocycles. The van der Waals surface area contributed by atoms with E-state index in [1.807, 2.05) is 32.0 Å². The number of para-hydroxylation sites is 1. The monoisotopic (exact) mass is 306 g/mol. The fourth-order valence-electron chi connectivity index (χ4n) is 1.78. The van der Waals surface area contributed by atoms with E-state index in [9.17, 15) is 4.79 Å². The van der Waals surface area contributed by atoms with Gasteiger partial charge in [-0.25, -0.2) is 0 Å². The molecular weight excluding hydrogens is 288 g/mol. The first kappa shape index (κ1) is 15.5. The van der Waals surface area contributed by atoms with Crippen LogP contribution in [0.1, 0.15) is 30.0 Å². The molecule has 2 rings (SSSR count). The van der Waals surface area contributed by atoms with Crippen LogP contribution in [0.25, 0.3) is 0 Å². The Hall–Kier alpha value is -1.86. The van der Waals surface area contributed by atoms with Gasteiger partial charge in [0.2, 0.25) is 11.8 Å². The van der Waals surface area contributed by atoms with E-state index < -0.39 is 0 Å². The van der Waals surface area contributed by atoms with Gasteiger partial charge >= 0.3 is 0 Å². The number of nitrogens with two attached hydrogens (primary N) is 1. The number of aryl methyl sites for hydroxylation is 2. The third kappa shape index (κ3) is 4.05. The summed E-state index contributed by atoms with van der Waals surface area (Å²) in [6.07, 6.45) is 0. The van der Waals surface area contributed by atoms with E-state index in [0.29, 0.717) is 11.1 Å². The Morgan fingerprint density at radius 3 is 2.62 bits per heavy atom. The largest absolute Gasteiger partial charge is 0.414 e. The lowest BCUT2D eigenvalue weighted by atomic mass is 10.1. The first-order valence-corrected chi connectivity index (χ1v) is 7.53. The number of thioether (sulfide) groups is 1. The molecular formula is C14H18N4O2S. The standard InChI is InChI=1S/C14H18N4O2S/c1-8-5-4-6-9(2)12(8)16-11(19)7-21-14-18-17-13(20-14)10(3)15/h4-6,10H,7,15H2,1-3H3,(H,16,19)/t10-/m0/s1. The minimum Gasteiger partial charge on any atom is -0.414 e. The zero-order valence-corrected chi connectivity index (χ0v) is 13.0. The van der Waals surface area contributed by atoms with E-state index in [1.165, 1.54) is 11.8 Å². The quantitative estimate of drug-likeness (QED) is 0.824. The van der Waals surface area contributed by atoms with Crippen LogP contribution in [0.2, 0.25) is 0 Å². The van der Waals surface area contributed by atoms with Crippen LogP contribution in [-0.2, 0) is 4.79 Å². The van der Waals surface area contributed by atoms with Gasteiger partial charge in [0.1, 0.15) is 0 Å². The zero-order valence-electron chi connectivity index (χ0n) is 12.2. The average molecular weight is 306 g/mol. The summed E-state index contributed by atoms with van der Waals surface area (Å²) in [6, 6.07) is 5.57. The van der Waals surface area contributed by atoms with Crippen molar-refractivity contribution < 1.29 is 9.21 Å². The van der Waals surface area contributed by atoms with Crippen molar-refractivity contribution in [3.05, 3.63) is 35.2 Å². The number of benzene rings is 1. The van der Waals surface area contributed by atoms with Crippen LogP contribution in [0.4, 0.5) is 5.69 Å². The number of carbonyl (C=O) groups excluding carboxylic acids is 1. The second-order valence-electron chi connectivity index (χ2n) is 4.80. The van der Waals surface area contributed by atoms with Gasteiger partial charge in [-0.2, -0.15) is 0 Å². The van der Waals surface area contributed by atoms with Crippen molar-refractivity contribution in [3.63, 3.8) is 0 Å². The summed E-state index contributed by atoms with van der Waals surface area (Å²) in [4.78, 5) is 12.0. The number of anilines is 1. The van der Waals surface area contributed by atoms with E-state index in [4.69, 9.17) is 10.2 Å². The Labute approximate surface area is 127 Å². The van der Waals surface area contributed by atoms with Crippen molar-refractivity contribution in [3.8, 4) is 0 Å². The molecule has 0 radical (unpaired) electrons. The van der Waals surface area contributed by atoms with Gasteiger partial charge in [-0.3, -0.25) is 4.79 Å². The number of hydrogen-bond donors (Lipinski definition) is 2. The van der Waals surface area contributed by atoms with E-state index in [0.717, 1.165) is 16.8 Å². The van der Waals surface area contributed by atoms with Crippen molar-refractivity contribution in [2.24, 2.45) is 5.73 Å². The Kier molecular flexibility index (Phi) is 4.98. The SMILES string of the molecule is Cc1cccc(C)c1NC(=O)CSc1nnc([C@H](C)N)o1. The van der Waals surface area contributed by atoms with Gasteiger partial charge in [0.25, 0.3) is 5.22 Å². The van der Waals surface area contributed by atoms with Gasteiger partial charge < -0.3 is 15.5 Å². The van der Waals surface area contributed by atoms with E-state index in [-0.39, 0.29) is 17.7 Å². The molecule has 1 heterocycles. The molecule has 3 N–H and O–H groups in total. The molecule has 1 atom stereocenters. The molecule has 0 bridgehead atoms. The molecule has 0 unspecified atom stereocenters. The molecule has 0 saturated heterocycles. The Morgan fingerprint density at radius 1 is 1.38 bits per heavy atom. The topological polar surface area (TPSA) is 94.0 Å². The highest BCUT2D eigenvalue weighted by atomic mass is 32.2. The van der Waals surface area contributed by atoms with Crippen LogP contribution in [0.15, 0.2) is 27.8 Å². The zero-order chi connectivity index (χ0) is 15.4. The summed E-state index contributed by atoms with van der Waals surface area (Å²) < 4.78 is 5.33. The van der Waals surface area contributed by atoms with Crippen molar-refractivity contribution in [2.75, 3.05) is 11.1 Å². The maximum Gasteiger partial charge on any atom is 0.277 e. The van der Waals surface area contributed by atoms with Crippen LogP contribution in [0.5, 0.6) is 0 Å². The van der Waals surface area contributed by atoms with Gasteiger partial charge in [-0.05, 0) is 31.9 Å². The summed E-state index contributed by atoms with van der Waals surface area (Å²) in [5, 5.41) is 10.9. The molecule has 0 aliphatic rings. The summed E-state index contributed by atoms with van der Waals surface area (Å²) in [7, 11) is 0. The molecule has 0 saturated carbocycles. The third-order valence-corrected chi connectivity index (χ3v) is 3.70. The van der Waals surface area contributed by atoms with Gasteiger partial charge in [0, 0.05) is 5.69 Å². The maximum atomic E-state index is 12.0. The van der Waals surface area contributed by atoms with Crippen LogP contribution >= 0.6 is 11.8 Å². The van der Waals surface area contributed by atoms with Gasteiger partial charge in [0.05, 0.1) is 11.8 Å². The van der Waals surface area contributed by atoms with Crippen molar-refractivity contribution >= 4 is 23.4 Å². The number of aromatic nitrogens is 2. The predicted molar refractivity (Wildman–Crippen MR) is 82.2 cm³/mol. The van der Waals surface area contributed by atoms with E-state index >= 15 is 0 Å². The molecule has 21 heavy (non-hydrogen) atoms. The van der Waals surface area contributed by atoms with Gasteiger partial charge in [0.15, 0.2) is 0 Å². The third-order valence-electron chi connectivity index (χ3n) is 2.88. The normalized spacial score (nSPS) is 12.2. The first-order chi connectivity index (χ1) is 9.97. The fraction of sp³-hybridized carbons (Fsp3) is 0.357.